The smallest absolute Gasteiger partial charge is 0.222 e. The van der Waals surface area contributed by atoms with Gasteiger partial charge in [0.2, 0.25) is 5.79 Å². The summed E-state index contributed by atoms with van der Waals surface area (Å²) in [6.45, 7) is 5.60. The molecule has 1 aliphatic rings. The highest BCUT2D eigenvalue weighted by Crippen LogP contribution is 2.52. The second kappa shape index (κ2) is 3.40. The fraction of sp³-hybridized carbons (Fsp3) is 1.00. The topological polar surface area (TPSA) is 110 Å². The van der Waals surface area contributed by atoms with Crippen LogP contribution in [0.5, 0.6) is 0 Å². The molecule has 17 heavy (non-hydrogen) atoms. The zero-order valence-corrected chi connectivity index (χ0v) is 10.9. The molecule has 0 radical (unpaired) electrons. The van der Waals surface area contributed by atoms with Crippen LogP contribution in [0.25, 0.3) is 0 Å². The average Bonchev–Trinajstić information content (AvgIpc) is 2.14. The first kappa shape index (κ1) is 14.8. The van der Waals surface area contributed by atoms with Crippen LogP contribution in [0.2, 0.25) is 0 Å². The molecule has 0 aromatic rings. The van der Waals surface area contributed by atoms with Crippen LogP contribution >= 0.6 is 0 Å². The molecule has 6 heteroatoms. The molecule has 1 rings (SSSR count). The van der Waals surface area contributed by atoms with Crippen molar-refractivity contribution in [3.05, 3.63) is 0 Å². The number of hydrogen-bond donors (Lipinski definition) is 5. The molecule has 1 fully saturated rings. The number of aliphatic hydroxyl groups excluding tert-OH is 1. The summed E-state index contributed by atoms with van der Waals surface area (Å²) < 4.78 is 5.22. The van der Waals surface area contributed by atoms with Crippen molar-refractivity contribution in [1.82, 2.24) is 0 Å². The van der Waals surface area contributed by atoms with Gasteiger partial charge in [-0.2, -0.15) is 0 Å². The predicted octanol–water partition coefficient (Wildman–Crippen LogP) is -1.27. The molecule has 0 saturated carbocycles. The van der Waals surface area contributed by atoms with E-state index in [2.05, 4.69) is 0 Å². The lowest BCUT2D eigenvalue weighted by atomic mass is 9.61. The highest BCUT2D eigenvalue weighted by Gasteiger charge is 2.73. The summed E-state index contributed by atoms with van der Waals surface area (Å²) in [5.41, 5.74) is -7.52. The van der Waals surface area contributed by atoms with Crippen LogP contribution in [0.3, 0.4) is 0 Å². The van der Waals surface area contributed by atoms with Gasteiger partial charge in [0.05, 0.1) is 5.60 Å². The van der Waals surface area contributed by atoms with Crippen molar-refractivity contribution in [2.45, 2.75) is 62.8 Å². The van der Waals surface area contributed by atoms with Crippen LogP contribution in [0.1, 0.15) is 34.6 Å². The average molecular weight is 250 g/mol. The maximum Gasteiger partial charge on any atom is 0.222 e. The molecular weight excluding hydrogens is 228 g/mol. The molecule has 0 amide bonds. The maximum atomic E-state index is 10.4. The molecule has 4 atom stereocenters. The molecule has 0 aliphatic carbocycles. The predicted molar refractivity (Wildman–Crippen MR) is 59.1 cm³/mol. The Bertz CT molecular complexity index is 320. The third-order valence-corrected chi connectivity index (χ3v) is 4.47. The van der Waals surface area contributed by atoms with E-state index in [1.165, 1.54) is 27.7 Å². The van der Waals surface area contributed by atoms with Crippen LogP contribution in [0.15, 0.2) is 0 Å². The summed E-state index contributed by atoms with van der Waals surface area (Å²) in [6, 6.07) is 0. The number of aliphatic hydroxyl groups is 5. The van der Waals surface area contributed by atoms with Crippen molar-refractivity contribution in [2.75, 3.05) is 6.61 Å². The van der Waals surface area contributed by atoms with Crippen LogP contribution in [-0.4, -0.2) is 60.3 Å². The summed E-state index contributed by atoms with van der Waals surface area (Å²) >= 11 is 0. The zero-order valence-electron chi connectivity index (χ0n) is 10.9. The van der Waals surface area contributed by atoms with E-state index in [-0.39, 0.29) is 0 Å². The van der Waals surface area contributed by atoms with E-state index in [9.17, 15) is 25.5 Å². The van der Waals surface area contributed by atoms with Gasteiger partial charge >= 0.3 is 0 Å². The number of rotatable bonds is 1. The van der Waals surface area contributed by atoms with Gasteiger partial charge in [0.15, 0.2) is 0 Å². The first-order valence-electron chi connectivity index (χ1n) is 5.47. The van der Waals surface area contributed by atoms with Crippen molar-refractivity contribution >= 4 is 0 Å². The largest absolute Gasteiger partial charge is 0.391 e. The van der Waals surface area contributed by atoms with Crippen LogP contribution in [0.4, 0.5) is 0 Å². The van der Waals surface area contributed by atoms with Gasteiger partial charge in [-0.1, -0.05) is 0 Å². The van der Waals surface area contributed by atoms with Gasteiger partial charge in [0.25, 0.3) is 0 Å². The fourth-order valence-electron chi connectivity index (χ4n) is 2.25. The van der Waals surface area contributed by atoms with E-state index < -0.39 is 34.8 Å². The van der Waals surface area contributed by atoms with Gasteiger partial charge in [0, 0.05) is 0 Å². The molecule has 1 unspecified atom stereocenters. The molecule has 1 heterocycles. The lowest BCUT2D eigenvalue weighted by Gasteiger charge is -2.63. The lowest BCUT2D eigenvalue weighted by molar-refractivity contribution is -0.453. The second-order valence-corrected chi connectivity index (χ2v) is 5.77. The van der Waals surface area contributed by atoms with Gasteiger partial charge in [-0.3, -0.25) is 0 Å². The Morgan fingerprint density at radius 1 is 0.765 bits per heavy atom. The van der Waals surface area contributed by atoms with E-state index in [0.29, 0.717) is 0 Å². The molecule has 0 bridgehead atoms. The summed E-state index contributed by atoms with van der Waals surface area (Å²) in [7, 11) is 0. The molecule has 0 aromatic carbocycles. The normalized spacial score (nSPS) is 54.7. The van der Waals surface area contributed by atoms with Crippen molar-refractivity contribution < 1.29 is 30.3 Å². The molecule has 1 aliphatic heterocycles. The van der Waals surface area contributed by atoms with E-state index in [1.807, 2.05) is 0 Å². The van der Waals surface area contributed by atoms with Gasteiger partial charge in [0.1, 0.15) is 23.4 Å². The Balaban J connectivity index is 3.46. The van der Waals surface area contributed by atoms with Crippen molar-refractivity contribution in [3.63, 3.8) is 0 Å². The zero-order chi connectivity index (χ0) is 13.9. The van der Waals surface area contributed by atoms with Crippen LogP contribution in [0, 0.1) is 0 Å². The number of ether oxygens (including phenoxy) is 1. The Hall–Kier alpha value is -0.240. The number of hydrogen-bond acceptors (Lipinski definition) is 6. The molecular formula is C11H22O6. The molecule has 5 N–H and O–H groups in total. The standard InChI is InChI=1S/C11H22O6/c1-7(2)8(3,13)9(4,14)10(5,15)11(16,6-12)17-7/h12-16H,6H2,1-5H3/t8-,9+,10?,11-/m1/s1. The summed E-state index contributed by atoms with van der Waals surface area (Å²) in [6.07, 6.45) is 0. The third kappa shape index (κ3) is 1.49. The summed E-state index contributed by atoms with van der Waals surface area (Å²) in [5.74, 6) is -2.36. The molecule has 102 valence electrons. The minimum atomic E-state index is -2.36. The molecule has 0 spiro atoms. The molecule has 6 nitrogen and oxygen atoms in total. The van der Waals surface area contributed by atoms with E-state index in [1.54, 1.807) is 0 Å². The van der Waals surface area contributed by atoms with Gasteiger partial charge < -0.3 is 30.3 Å². The van der Waals surface area contributed by atoms with Crippen molar-refractivity contribution in [1.29, 1.82) is 0 Å². The third-order valence-electron chi connectivity index (χ3n) is 4.47. The van der Waals surface area contributed by atoms with Crippen molar-refractivity contribution in [2.24, 2.45) is 0 Å². The highest BCUT2D eigenvalue weighted by atomic mass is 16.7. The Morgan fingerprint density at radius 2 is 1.18 bits per heavy atom. The van der Waals surface area contributed by atoms with Crippen molar-refractivity contribution in [3.8, 4) is 0 Å². The Morgan fingerprint density at radius 3 is 1.53 bits per heavy atom. The SMILES string of the molecule is CC1(C)O[C@](O)(CO)C(C)(O)[C@@](C)(O)[C@]1(C)O. The fourth-order valence-corrected chi connectivity index (χ4v) is 2.25. The monoisotopic (exact) mass is 250 g/mol. The second-order valence-electron chi connectivity index (χ2n) is 5.77. The first-order valence-corrected chi connectivity index (χ1v) is 5.47. The first-order chi connectivity index (χ1) is 7.27. The van der Waals surface area contributed by atoms with E-state index >= 15 is 0 Å². The summed E-state index contributed by atoms with van der Waals surface area (Å²) in [4.78, 5) is 0. The quantitative estimate of drug-likeness (QED) is 0.397. The highest BCUT2D eigenvalue weighted by molar-refractivity contribution is 5.20. The minimum absolute atomic E-state index is 0.907. The van der Waals surface area contributed by atoms with E-state index in [0.717, 1.165) is 6.92 Å². The van der Waals surface area contributed by atoms with Gasteiger partial charge in [-0.05, 0) is 34.6 Å². The molecule has 1 saturated heterocycles. The lowest BCUT2D eigenvalue weighted by Crippen LogP contribution is -2.84. The van der Waals surface area contributed by atoms with Gasteiger partial charge in [-0.25, -0.2) is 0 Å². The summed E-state index contributed by atoms with van der Waals surface area (Å²) in [5, 5.41) is 50.3. The Kier molecular flexibility index (Phi) is 2.97. The minimum Gasteiger partial charge on any atom is -0.391 e. The maximum absolute atomic E-state index is 10.4. The Labute approximate surface area is 100 Å². The molecule has 0 aromatic heterocycles. The van der Waals surface area contributed by atoms with Crippen LogP contribution in [-0.2, 0) is 4.74 Å². The van der Waals surface area contributed by atoms with Gasteiger partial charge in [-0.15, -0.1) is 0 Å². The van der Waals surface area contributed by atoms with Crippen LogP contribution < -0.4 is 0 Å². The van der Waals surface area contributed by atoms with E-state index in [4.69, 9.17) is 4.74 Å².